The van der Waals surface area contributed by atoms with E-state index in [1.165, 1.54) is 0 Å². The molecule has 0 aromatic carbocycles. The normalized spacial score (nSPS) is 22.0. The van der Waals surface area contributed by atoms with Crippen LogP contribution in [0, 0.1) is 0 Å². The van der Waals surface area contributed by atoms with Gasteiger partial charge in [-0.1, -0.05) is 6.92 Å². The first-order chi connectivity index (χ1) is 6.79. The third-order valence-corrected chi connectivity index (χ3v) is 2.39. The summed E-state index contributed by atoms with van der Waals surface area (Å²) in [5, 5.41) is 3.16. The molecule has 1 rings (SSSR count). The molecule has 0 radical (unpaired) electrons. The van der Waals surface area contributed by atoms with Crippen LogP contribution in [-0.4, -0.2) is 49.7 Å². The minimum absolute atomic E-state index is 0.126. The van der Waals surface area contributed by atoms with Crippen LogP contribution in [0.1, 0.15) is 20.3 Å². The Hall–Kier alpha value is -0.610. The molecule has 0 aromatic heterocycles. The summed E-state index contributed by atoms with van der Waals surface area (Å²) in [6, 6.07) is 0. The van der Waals surface area contributed by atoms with Gasteiger partial charge in [0.05, 0.1) is 6.61 Å². The van der Waals surface area contributed by atoms with Crippen LogP contribution in [0.25, 0.3) is 0 Å². The van der Waals surface area contributed by atoms with Gasteiger partial charge < -0.3 is 15.0 Å². The molecule has 1 unspecified atom stereocenters. The average Bonchev–Trinajstić information content (AvgIpc) is 2.26. The van der Waals surface area contributed by atoms with E-state index >= 15 is 0 Å². The van der Waals surface area contributed by atoms with Gasteiger partial charge in [-0.2, -0.15) is 0 Å². The Morgan fingerprint density at radius 2 is 2.36 bits per heavy atom. The van der Waals surface area contributed by atoms with Gasteiger partial charge in [0.15, 0.2) is 0 Å². The SMILES string of the molecule is CCCN(CC)C(=O)C1CNCCO1. The molecule has 1 fully saturated rings. The van der Waals surface area contributed by atoms with Gasteiger partial charge in [0.25, 0.3) is 5.91 Å². The lowest BCUT2D eigenvalue weighted by Gasteiger charge is -2.28. The smallest absolute Gasteiger partial charge is 0.253 e. The standard InChI is InChI=1S/C10H20N2O2/c1-3-6-12(4-2)10(13)9-8-11-5-7-14-9/h9,11H,3-8H2,1-2H3. The summed E-state index contributed by atoms with van der Waals surface area (Å²) in [6.45, 7) is 7.82. The summed E-state index contributed by atoms with van der Waals surface area (Å²) in [4.78, 5) is 13.7. The monoisotopic (exact) mass is 200 g/mol. The summed E-state index contributed by atoms with van der Waals surface area (Å²) in [5.74, 6) is 0.126. The fraction of sp³-hybridized carbons (Fsp3) is 0.900. The van der Waals surface area contributed by atoms with Crippen molar-refractivity contribution in [2.75, 3.05) is 32.8 Å². The summed E-state index contributed by atoms with van der Waals surface area (Å²) in [6.07, 6.45) is 0.731. The number of hydrogen-bond donors (Lipinski definition) is 1. The van der Waals surface area contributed by atoms with Crippen molar-refractivity contribution in [3.63, 3.8) is 0 Å². The zero-order chi connectivity index (χ0) is 10.4. The average molecular weight is 200 g/mol. The van der Waals surface area contributed by atoms with Crippen molar-refractivity contribution in [3.05, 3.63) is 0 Å². The molecule has 1 aliphatic rings. The molecule has 0 aliphatic carbocycles. The molecule has 1 amide bonds. The van der Waals surface area contributed by atoms with E-state index in [1.807, 2.05) is 11.8 Å². The van der Waals surface area contributed by atoms with E-state index in [0.717, 1.165) is 26.1 Å². The lowest BCUT2D eigenvalue weighted by Crippen LogP contribution is -2.49. The van der Waals surface area contributed by atoms with Crippen LogP contribution in [0.2, 0.25) is 0 Å². The maximum atomic E-state index is 11.9. The Morgan fingerprint density at radius 1 is 1.57 bits per heavy atom. The predicted molar refractivity (Wildman–Crippen MR) is 55.2 cm³/mol. The second kappa shape index (κ2) is 5.98. The molecule has 0 bridgehead atoms. The van der Waals surface area contributed by atoms with Crippen LogP contribution in [0.3, 0.4) is 0 Å². The summed E-state index contributed by atoms with van der Waals surface area (Å²) < 4.78 is 5.42. The topological polar surface area (TPSA) is 41.6 Å². The first kappa shape index (κ1) is 11.5. The number of nitrogens with one attached hydrogen (secondary N) is 1. The first-order valence-corrected chi connectivity index (χ1v) is 5.40. The molecule has 4 heteroatoms. The van der Waals surface area contributed by atoms with Gasteiger partial charge in [0, 0.05) is 26.2 Å². The lowest BCUT2D eigenvalue weighted by atomic mass is 10.2. The minimum Gasteiger partial charge on any atom is -0.366 e. The highest BCUT2D eigenvalue weighted by Gasteiger charge is 2.25. The summed E-state index contributed by atoms with van der Waals surface area (Å²) >= 11 is 0. The third kappa shape index (κ3) is 2.96. The van der Waals surface area contributed by atoms with Gasteiger partial charge >= 0.3 is 0 Å². The van der Waals surface area contributed by atoms with Crippen LogP contribution in [0.5, 0.6) is 0 Å². The highest BCUT2D eigenvalue weighted by atomic mass is 16.5. The molecule has 0 saturated carbocycles. The molecule has 0 spiro atoms. The Morgan fingerprint density at radius 3 is 2.86 bits per heavy atom. The molecule has 14 heavy (non-hydrogen) atoms. The molecule has 1 N–H and O–H groups in total. The highest BCUT2D eigenvalue weighted by molar-refractivity contribution is 5.81. The van der Waals surface area contributed by atoms with Gasteiger partial charge in [-0.25, -0.2) is 0 Å². The van der Waals surface area contributed by atoms with Crippen molar-refractivity contribution >= 4 is 5.91 Å². The number of nitrogens with zero attached hydrogens (tertiary/aromatic N) is 1. The first-order valence-electron chi connectivity index (χ1n) is 5.40. The maximum absolute atomic E-state index is 11.9. The van der Waals surface area contributed by atoms with E-state index in [9.17, 15) is 4.79 Å². The number of carbonyl (C=O) groups is 1. The van der Waals surface area contributed by atoms with Crippen molar-refractivity contribution in [2.24, 2.45) is 0 Å². The van der Waals surface area contributed by atoms with Crippen LogP contribution in [0.15, 0.2) is 0 Å². The number of hydrogen-bond acceptors (Lipinski definition) is 3. The van der Waals surface area contributed by atoms with E-state index in [2.05, 4.69) is 12.2 Å². The van der Waals surface area contributed by atoms with Crippen molar-refractivity contribution in [3.8, 4) is 0 Å². The minimum atomic E-state index is -0.268. The van der Waals surface area contributed by atoms with Crippen molar-refractivity contribution in [2.45, 2.75) is 26.4 Å². The second-order valence-corrected chi connectivity index (χ2v) is 3.48. The quantitative estimate of drug-likeness (QED) is 0.706. The molecule has 1 saturated heterocycles. The van der Waals surface area contributed by atoms with E-state index < -0.39 is 0 Å². The molecule has 0 aromatic rings. The second-order valence-electron chi connectivity index (χ2n) is 3.48. The molecule has 1 heterocycles. The number of carbonyl (C=O) groups excluding carboxylic acids is 1. The van der Waals surface area contributed by atoms with Gasteiger partial charge in [0.2, 0.25) is 0 Å². The fourth-order valence-corrected chi connectivity index (χ4v) is 1.62. The van der Waals surface area contributed by atoms with Crippen molar-refractivity contribution in [1.82, 2.24) is 10.2 Å². The van der Waals surface area contributed by atoms with Gasteiger partial charge in [-0.3, -0.25) is 4.79 Å². The number of morpholine rings is 1. The Bertz CT molecular complexity index is 172. The fourth-order valence-electron chi connectivity index (χ4n) is 1.62. The number of amides is 1. The molecule has 1 atom stereocenters. The van der Waals surface area contributed by atoms with E-state index in [-0.39, 0.29) is 12.0 Å². The molecule has 1 aliphatic heterocycles. The van der Waals surface area contributed by atoms with Crippen LogP contribution >= 0.6 is 0 Å². The van der Waals surface area contributed by atoms with E-state index in [4.69, 9.17) is 4.74 Å². The summed E-state index contributed by atoms with van der Waals surface area (Å²) in [7, 11) is 0. The lowest BCUT2D eigenvalue weighted by molar-refractivity contribution is -0.145. The molecular weight excluding hydrogens is 180 g/mol. The highest BCUT2D eigenvalue weighted by Crippen LogP contribution is 2.03. The Kier molecular flexibility index (Phi) is 4.90. The predicted octanol–water partition coefficient (Wildman–Crippen LogP) is 0.233. The third-order valence-electron chi connectivity index (χ3n) is 2.39. The van der Waals surface area contributed by atoms with Crippen molar-refractivity contribution < 1.29 is 9.53 Å². The van der Waals surface area contributed by atoms with Crippen molar-refractivity contribution in [1.29, 1.82) is 0 Å². The molecule has 4 nitrogen and oxygen atoms in total. The van der Waals surface area contributed by atoms with Crippen LogP contribution in [0.4, 0.5) is 0 Å². The number of likely N-dealkylation sites (N-methyl/N-ethyl adjacent to an activating group) is 1. The number of rotatable bonds is 4. The molecular formula is C10H20N2O2. The van der Waals surface area contributed by atoms with Gasteiger partial charge in [0.1, 0.15) is 6.10 Å². The summed E-state index contributed by atoms with van der Waals surface area (Å²) in [5.41, 5.74) is 0. The Labute approximate surface area is 85.6 Å². The number of ether oxygens (including phenoxy) is 1. The van der Waals surface area contributed by atoms with E-state index in [1.54, 1.807) is 0 Å². The largest absolute Gasteiger partial charge is 0.366 e. The zero-order valence-corrected chi connectivity index (χ0v) is 9.08. The van der Waals surface area contributed by atoms with Crippen LogP contribution < -0.4 is 5.32 Å². The Balaban J connectivity index is 2.43. The maximum Gasteiger partial charge on any atom is 0.253 e. The van der Waals surface area contributed by atoms with Gasteiger partial charge in [-0.05, 0) is 13.3 Å². The van der Waals surface area contributed by atoms with E-state index in [0.29, 0.717) is 13.2 Å². The zero-order valence-electron chi connectivity index (χ0n) is 9.08. The van der Waals surface area contributed by atoms with Gasteiger partial charge in [-0.15, -0.1) is 0 Å². The molecule has 82 valence electrons. The van der Waals surface area contributed by atoms with Crippen LogP contribution in [-0.2, 0) is 9.53 Å².